The third kappa shape index (κ3) is 3.53. The molecule has 0 aromatic carbocycles. The van der Waals surface area contributed by atoms with Crippen molar-refractivity contribution in [1.82, 2.24) is 0 Å². The summed E-state index contributed by atoms with van der Waals surface area (Å²) in [5.74, 6) is 4.94. The maximum absolute atomic E-state index is 11.6. The van der Waals surface area contributed by atoms with E-state index in [-0.39, 0.29) is 11.5 Å². The van der Waals surface area contributed by atoms with Crippen molar-refractivity contribution in [2.75, 3.05) is 0 Å². The van der Waals surface area contributed by atoms with Crippen LogP contribution >= 0.6 is 0 Å². The molecule has 0 aromatic heterocycles. The largest absolute Gasteiger partial charge is 0.393 e. The van der Waals surface area contributed by atoms with Gasteiger partial charge in [-0.2, -0.15) is 0 Å². The summed E-state index contributed by atoms with van der Waals surface area (Å²) in [6.07, 6.45) is 14.1. The molecular formula is C27H48O2. The monoisotopic (exact) mass is 404 g/mol. The number of fused-ring (bicyclic) bond motifs is 5. The first-order valence-corrected chi connectivity index (χ1v) is 13.0. The van der Waals surface area contributed by atoms with Gasteiger partial charge in [0.2, 0.25) is 0 Å². The van der Waals surface area contributed by atoms with Crippen molar-refractivity contribution in [3.8, 4) is 0 Å². The van der Waals surface area contributed by atoms with Gasteiger partial charge in [0, 0.05) is 6.42 Å². The van der Waals surface area contributed by atoms with Gasteiger partial charge in [-0.25, -0.2) is 0 Å². The van der Waals surface area contributed by atoms with Crippen molar-refractivity contribution < 1.29 is 10.2 Å². The summed E-state index contributed by atoms with van der Waals surface area (Å²) in [6.45, 7) is 12.3. The zero-order valence-corrected chi connectivity index (χ0v) is 19.9. The molecule has 2 heteroatoms. The van der Waals surface area contributed by atoms with E-state index in [2.05, 4.69) is 34.6 Å². The molecule has 4 saturated carbocycles. The highest BCUT2D eigenvalue weighted by atomic mass is 16.3. The molecular weight excluding hydrogens is 356 g/mol. The van der Waals surface area contributed by atoms with Gasteiger partial charge in [-0.15, -0.1) is 0 Å². The smallest absolute Gasteiger partial charge is 0.0728 e. The van der Waals surface area contributed by atoms with Crippen LogP contribution in [0.25, 0.3) is 0 Å². The molecule has 9 atom stereocenters. The molecule has 0 heterocycles. The summed E-state index contributed by atoms with van der Waals surface area (Å²) < 4.78 is 0. The average Bonchev–Trinajstić information content (AvgIpc) is 2.99. The van der Waals surface area contributed by atoms with E-state index in [4.69, 9.17) is 0 Å². The van der Waals surface area contributed by atoms with Crippen molar-refractivity contribution >= 4 is 0 Å². The predicted octanol–water partition coefficient (Wildman–Crippen LogP) is 6.58. The highest BCUT2D eigenvalue weighted by Gasteiger charge is 2.64. The Labute approximate surface area is 180 Å². The number of hydrogen-bond acceptors (Lipinski definition) is 2. The Hall–Kier alpha value is -0.0800. The molecule has 0 bridgehead atoms. The normalized spacial score (nSPS) is 50.7. The van der Waals surface area contributed by atoms with Crippen LogP contribution in [0.1, 0.15) is 112 Å². The number of rotatable bonds is 5. The Balaban J connectivity index is 1.49. The molecule has 168 valence electrons. The summed E-state index contributed by atoms with van der Waals surface area (Å²) in [4.78, 5) is 0. The van der Waals surface area contributed by atoms with Gasteiger partial charge < -0.3 is 10.2 Å². The van der Waals surface area contributed by atoms with E-state index in [0.717, 1.165) is 48.9 Å². The summed E-state index contributed by atoms with van der Waals surface area (Å²) in [7, 11) is 0. The molecule has 0 aromatic rings. The minimum Gasteiger partial charge on any atom is -0.393 e. The second-order valence-corrected chi connectivity index (χ2v) is 12.8. The number of hydrogen-bond donors (Lipinski definition) is 2. The number of aliphatic hydroxyl groups is 2. The summed E-state index contributed by atoms with van der Waals surface area (Å²) in [5.41, 5.74) is -0.0719. The molecule has 2 nitrogen and oxygen atoms in total. The fourth-order valence-electron chi connectivity index (χ4n) is 9.25. The van der Waals surface area contributed by atoms with E-state index in [1.807, 2.05) is 0 Å². The maximum Gasteiger partial charge on any atom is 0.0728 e. The summed E-state index contributed by atoms with van der Waals surface area (Å²) in [5, 5.41) is 21.8. The highest BCUT2D eigenvalue weighted by molar-refractivity contribution is 5.14. The van der Waals surface area contributed by atoms with Crippen LogP contribution in [0.4, 0.5) is 0 Å². The van der Waals surface area contributed by atoms with Crippen molar-refractivity contribution in [2.45, 2.75) is 123 Å². The summed E-state index contributed by atoms with van der Waals surface area (Å²) in [6, 6.07) is 0. The molecule has 0 radical (unpaired) electrons. The first-order valence-electron chi connectivity index (χ1n) is 13.0. The van der Waals surface area contributed by atoms with Crippen LogP contribution in [0, 0.1) is 46.3 Å². The Kier molecular flexibility index (Phi) is 5.95. The van der Waals surface area contributed by atoms with Gasteiger partial charge in [0.25, 0.3) is 0 Å². The molecule has 0 aliphatic heterocycles. The van der Waals surface area contributed by atoms with Gasteiger partial charge in [-0.1, -0.05) is 53.9 Å². The zero-order valence-electron chi connectivity index (χ0n) is 19.9. The number of aliphatic hydroxyl groups excluding tert-OH is 1. The Morgan fingerprint density at radius 3 is 2.34 bits per heavy atom. The van der Waals surface area contributed by atoms with Crippen molar-refractivity contribution in [3.05, 3.63) is 0 Å². The molecule has 1 unspecified atom stereocenters. The third-order valence-electron chi connectivity index (χ3n) is 11.0. The third-order valence-corrected chi connectivity index (χ3v) is 11.0. The topological polar surface area (TPSA) is 40.5 Å². The van der Waals surface area contributed by atoms with Gasteiger partial charge in [-0.3, -0.25) is 0 Å². The van der Waals surface area contributed by atoms with Crippen LogP contribution in [-0.4, -0.2) is 21.9 Å². The standard InChI is InChI=1S/C27H48O2/c1-18(2)7-6-8-19(3)22-9-10-23-21-12-16-27(29)17-20(28)11-15-26(27,5)24(21)13-14-25(22,23)4/h18-24,28-29H,6-17H2,1-5H3/t19-,20+,21+,22?,23+,24+,25-,26-,27-/m1/s1. The molecule has 29 heavy (non-hydrogen) atoms. The van der Waals surface area contributed by atoms with E-state index in [1.165, 1.54) is 51.4 Å². The molecule has 4 fully saturated rings. The first-order chi connectivity index (χ1) is 13.6. The molecule has 4 aliphatic rings. The van der Waals surface area contributed by atoms with E-state index in [1.54, 1.807) is 0 Å². The molecule has 4 rings (SSSR count). The van der Waals surface area contributed by atoms with Crippen LogP contribution in [0.15, 0.2) is 0 Å². The van der Waals surface area contributed by atoms with Gasteiger partial charge >= 0.3 is 0 Å². The molecule has 0 spiro atoms. The first kappa shape index (κ1) is 22.1. The van der Waals surface area contributed by atoms with Crippen molar-refractivity contribution in [2.24, 2.45) is 46.3 Å². The lowest BCUT2D eigenvalue weighted by Gasteiger charge is -2.64. The fraction of sp³-hybridized carbons (Fsp3) is 1.00. The average molecular weight is 405 g/mol. The second kappa shape index (κ2) is 7.80. The van der Waals surface area contributed by atoms with Crippen molar-refractivity contribution in [3.63, 3.8) is 0 Å². The quantitative estimate of drug-likeness (QED) is 0.543. The summed E-state index contributed by atoms with van der Waals surface area (Å²) >= 11 is 0. The second-order valence-electron chi connectivity index (χ2n) is 12.8. The van der Waals surface area contributed by atoms with Gasteiger partial charge in [0.15, 0.2) is 0 Å². The van der Waals surface area contributed by atoms with Crippen LogP contribution in [0.3, 0.4) is 0 Å². The minimum absolute atomic E-state index is 0.0252. The lowest BCUT2D eigenvalue weighted by molar-refractivity contribution is -0.220. The predicted molar refractivity (Wildman–Crippen MR) is 121 cm³/mol. The van der Waals surface area contributed by atoms with E-state index < -0.39 is 5.60 Å². The van der Waals surface area contributed by atoms with Crippen molar-refractivity contribution in [1.29, 1.82) is 0 Å². The fourth-order valence-corrected chi connectivity index (χ4v) is 9.25. The van der Waals surface area contributed by atoms with Crippen LogP contribution < -0.4 is 0 Å². The van der Waals surface area contributed by atoms with E-state index >= 15 is 0 Å². The lowest BCUT2D eigenvalue weighted by atomic mass is 9.43. The van der Waals surface area contributed by atoms with Gasteiger partial charge in [-0.05, 0) is 97.7 Å². The molecule has 2 N–H and O–H groups in total. The maximum atomic E-state index is 11.6. The molecule has 0 saturated heterocycles. The zero-order chi connectivity index (χ0) is 21.0. The van der Waals surface area contributed by atoms with Crippen LogP contribution in [0.2, 0.25) is 0 Å². The van der Waals surface area contributed by atoms with Crippen LogP contribution in [-0.2, 0) is 0 Å². The van der Waals surface area contributed by atoms with Crippen LogP contribution in [0.5, 0.6) is 0 Å². The van der Waals surface area contributed by atoms with Gasteiger partial charge in [0.1, 0.15) is 0 Å². The lowest BCUT2D eigenvalue weighted by Crippen LogP contribution is -2.62. The highest BCUT2D eigenvalue weighted by Crippen LogP contribution is 2.69. The Morgan fingerprint density at radius 2 is 1.62 bits per heavy atom. The minimum atomic E-state index is -0.623. The van der Waals surface area contributed by atoms with E-state index in [9.17, 15) is 10.2 Å². The SMILES string of the molecule is CC(C)CCC[C@@H](C)C1CC[C@H]2[C@@H]3CC[C@@]4(O)C[C@@H](O)CC[C@]4(C)[C@H]3CC[C@]12C. The Bertz CT molecular complexity index is 587. The van der Waals surface area contributed by atoms with E-state index in [0.29, 0.717) is 17.8 Å². The van der Waals surface area contributed by atoms with Gasteiger partial charge in [0.05, 0.1) is 11.7 Å². The molecule has 4 aliphatic carbocycles. The molecule has 0 amide bonds. The Morgan fingerprint density at radius 1 is 0.862 bits per heavy atom.